The third kappa shape index (κ3) is 2.43. The minimum absolute atomic E-state index is 0.0936. The molecule has 0 radical (unpaired) electrons. The van der Waals surface area contributed by atoms with E-state index in [9.17, 15) is 9.59 Å². The van der Waals surface area contributed by atoms with Gasteiger partial charge in [0.05, 0.1) is 29.6 Å². The van der Waals surface area contributed by atoms with Crippen LogP contribution in [-0.2, 0) is 4.79 Å². The second kappa shape index (κ2) is 6.78. The number of carbonyl (C=O) groups excluding carboxylic acids is 2. The van der Waals surface area contributed by atoms with Crippen LogP contribution >= 0.6 is 0 Å². The van der Waals surface area contributed by atoms with Crippen molar-refractivity contribution in [1.29, 1.82) is 0 Å². The van der Waals surface area contributed by atoms with Crippen molar-refractivity contribution >= 4 is 28.4 Å². The zero-order valence-corrected chi connectivity index (χ0v) is 17.5. The van der Waals surface area contributed by atoms with Gasteiger partial charge in [-0.1, -0.05) is 18.7 Å². The van der Waals surface area contributed by atoms with Gasteiger partial charge in [0, 0.05) is 36.3 Å². The van der Waals surface area contributed by atoms with Gasteiger partial charge in [-0.3, -0.25) is 9.59 Å². The lowest BCUT2D eigenvalue weighted by Gasteiger charge is -2.40. The van der Waals surface area contributed by atoms with Crippen LogP contribution in [-0.4, -0.2) is 66.0 Å². The molecule has 1 aromatic heterocycles. The van der Waals surface area contributed by atoms with E-state index >= 15 is 0 Å². The van der Waals surface area contributed by atoms with Crippen LogP contribution in [0.5, 0.6) is 11.5 Å². The molecule has 1 aliphatic carbocycles. The van der Waals surface area contributed by atoms with Gasteiger partial charge < -0.3 is 19.3 Å². The number of fused-ring (bicyclic) bond motifs is 6. The molecular formula is C24H20N4O4. The van der Waals surface area contributed by atoms with Gasteiger partial charge in [-0.2, -0.15) is 0 Å². The molecule has 8 heteroatoms. The molecule has 0 saturated carbocycles. The number of rotatable bonds is 2. The van der Waals surface area contributed by atoms with E-state index in [4.69, 9.17) is 9.47 Å². The largest absolute Gasteiger partial charge is 0.496 e. The van der Waals surface area contributed by atoms with Crippen molar-refractivity contribution in [3.8, 4) is 22.6 Å². The van der Waals surface area contributed by atoms with E-state index in [0.717, 1.165) is 22.3 Å². The molecule has 2 aromatic carbocycles. The summed E-state index contributed by atoms with van der Waals surface area (Å²) in [6, 6.07) is 7.30. The topological polar surface area (TPSA) is 84.9 Å². The Morgan fingerprint density at radius 3 is 2.94 bits per heavy atom. The van der Waals surface area contributed by atoms with Crippen molar-refractivity contribution in [2.24, 2.45) is 0 Å². The number of ketones is 1. The summed E-state index contributed by atoms with van der Waals surface area (Å²) in [5.41, 5.74) is 3.35. The third-order valence-corrected chi connectivity index (χ3v) is 6.51. The number of hydrogen-bond acceptors (Lipinski definition) is 7. The molecule has 0 spiro atoms. The highest BCUT2D eigenvalue weighted by Gasteiger charge is 2.39. The number of piperazine rings is 1. The predicted octanol–water partition coefficient (Wildman–Crippen LogP) is 2.45. The van der Waals surface area contributed by atoms with Gasteiger partial charge in [0.1, 0.15) is 30.3 Å². The van der Waals surface area contributed by atoms with Crippen molar-refractivity contribution < 1.29 is 19.1 Å². The first-order chi connectivity index (χ1) is 15.6. The van der Waals surface area contributed by atoms with Crippen molar-refractivity contribution in [2.45, 2.75) is 6.04 Å². The second-order valence-electron chi connectivity index (χ2n) is 8.08. The highest BCUT2D eigenvalue weighted by atomic mass is 16.5. The number of aromatic nitrogens is 2. The number of anilines is 1. The molecule has 3 aliphatic rings. The summed E-state index contributed by atoms with van der Waals surface area (Å²) >= 11 is 0. The van der Waals surface area contributed by atoms with E-state index in [1.54, 1.807) is 12.0 Å². The van der Waals surface area contributed by atoms with Crippen LogP contribution in [0.15, 0.2) is 43.2 Å². The Labute approximate surface area is 184 Å². The maximum absolute atomic E-state index is 13.5. The highest BCUT2D eigenvalue weighted by molar-refractivity contribution is 6.27. The fourth-order valence-electron chi connectivity index (χ4n) is 5.05. The molecule has 3 aromatic rings. The van der Waals surface area contributed by atoms with Crippen LogP contribution in [0, 0.1) is 0 Å². The normalized spacial score (nSPS) is 18.4. The van der Waals surface area contributed by atoms with Crippen LogP contribution in [0.25, 0.3) is 22.0 Å². The number of carbonyl (C=O) groups is 2. The van der Waals surface area contributed by atoms with Crippen LogP contribution in [0.2, 0.25) is 0 Å². The van der Waals surface area contributed by atoms with E-state index in [1.807, 2.05) is 24.3 Å². The number of hydrogen-bond donors (Lipinski definition) is 0. The molecule has 2 aliphatic heterocycles. The van der Waals surface area contributed by atoms with Gasteiger partial charge in [-0.05, 0) is 18.2 Å². The van der Waals surface area contributed by atoms with Gasteiger partial charge in [-0.25, -0.2) is 9.97 Å². The summed E-state index contributed by atoms with van der Waals surface area (Å²) in [5.74, 6) is 1.69. The minimum Gasteiger partial charge on any atom is -0.496 e. The summed E-state index contributed by atoms with van der Waals surface area (Å²) in [6.45, 7) is 5.59. The van der Waals surface area contributed by atoms with E-state index < -0.39 is 0 Å². The smallest absolute Gasteiger partial charge is 0.246 e. The first kappa shape index (κ1) is 18.8. The lowest BCUT2D eigenvalue weighted by Crippen LogP contribution is -2.56. The molecule has 3 heterocycles. The molecule has 1 amide bonds. The van der Waals surface area contributed by atoms with Gasteiger partial charge >= 0.3 is 0 Å². The fourth-order valence-corrected chi connectivity index (χ4v) is 5.05. The van der Waals surface area contributed by atoms with Crippen LogP contribution in [0.3, 0.4) is 0 Å². The number of amides is 1. The molecule has 1 saturated heterocycles. The molecule has 0 N–H and O–H groups in total. The third-order valence-electron chi connectivity index (χ3n) is 6.51. The molecule has 0 unspecified atom stereocenters. The lowest BCUT2D eigenvalue weighted by atomic mass is 10.0. The number of benzene rings is 2. The van der Waals surface area contributed by atoms with E-state index in [0.29, 0.717) is 54.4 Å². The van der Waals surface area contributed by atoms with E-state index in [-0.39, 0.29) is 17.7 Å². The SMILES string of the molecule is C=CC(=O)N1CCN2c3ncnc4cc5c(c(c34)OC[C@@H]2C1)C(=O)c1cccc(OC)c1-5. The second-order valence-corrected chi connectivity index (χ2v) is 8.08. The average molecular weight is 428 g/mol. The molecule has 1 atom stereocenters. The maximum atomic E-state index is 13.5. The van der Waals surface area contributed by atoms with Crippen molar-refractivity contribution in [3.05, 3.63) is 54.4 Å². The Balaban J connectivity index is 1.55. The van der Waals surface area contributed by atoms with Crippen molar-refractivity contribution in [2.75, 3.05) is 38.3 Å². The van der Waals surface area contributed by atoms with Crippen LogP contribution < -0.4 is 14.4 Å². The summed E-state index contributed by atoms with van der Waals surface area (Å²) in [4.78, 5) is 38.7. The van der Waals surface area contributed by atoms with Gasteiger partial charge in [0.2, 0.25) is 5.91 Å². The number of nitrogens with zero attached hydrogens (tertiary/aromatic N) is 4. The number of methoxy groups -OCH3 is 1. The predicted molar refractivity (Wildman–Crippen MR) is 118 cm³/mol. The monoisotopic (exact) mass is 428 g/mol. The van der Waals surface area contributed by atoms with Gasteiger partial charge in [-0.15, -0.1) is 0 Å². The Morgan fingerprint density at radius 2 is 2.12 bits per heavy atom. The quantitative estimate of drug-likeness (QED) is 0.454. The average Bonchev–Trinajstić information content (AvgIpc) is 3.01. The Hall–Kier alpha value is -3.94. The highest BCUT2D eigenvalue weighted by Crippen LogP contribution is 2.50. The van der Waals surface area contributed by atoms with Gasteiger partial charge in [0.25, 0.3) is 0 Å². The van der Waals surface area contributed by atoms with Crippen LogP contribution in [0.4, 0.5) is 5.82 Å². The zero-order valence-electron chi connectivity index (χ0n) is 17.5. The van der Waals surface area contributed by atoms with Gasteiger partial charge in [0.15, 0.2) is 5.78 Å². The summed E-state index contributed by atoms with van der Waals surface area (Å²) in [6.07, 6.45) is 2.87. The lowest BCUT2D eigenvalue weighted by molar-refractivity contribution is -0.126. The standard InChI is InChI=1S/C24H20N4O4/c1-3-18(29)27-7-8-28-13(10-27)11-32-23-20-15(9-16-21(23)24(28)26-12-25-16)19-14(22(20)30)5-4-6-17(19)31-2/h3-6,9,12-13H,1,7-8,10-11H2,2H3/t13-/m0/s1. The van der Waals surface area contributed by atoms with Crippen molar-refractivity contribution in [3.63, 3.8) is 0 Å². The summed E-state index contributed by atoms with van der Waals surface area (Å²) in [7, 11) is 1.60. The fraction of sp³-hybridized carbons (Fsp3) is 0.250. The summed E-state index contributed by atoms with van der Waals surface area (Å²) < 4.78 is 11.9. The van der Waals surface area contributed by atoms with Crippen molar-refractivity contribution in [1.82, 2.24) is 14.9 Å². The molecule has 160 valence electrons. The first-order valence-electron chi connectivity index (χ1n) is 10.5. The number of ether oxygens (including phenoxy) is 2. The molecule has 6 rings (SSSR count). The Morgan fingerprint density at radius 1 is 1.25 bits per heavy atom. The molecule has 1 fully saturated rings. The molecule has 0 bridgehead atoms. The molecule has 8 nitrogen and oxygen atoms in total. The zero-order chi connectivity index (χ0) is 22.0. The van der Waals surface area contributed by atoms with E-state index in [2.05, 4.69) is 21.4 Å². The molecule has 32 heavy (non-hydrogen) atoms. The Bertz CT molecular complexity index is 1340. The minimum atomic E-state index is -0.0992. The maximum Gasteiger partial charge on any atom is 0.246 e. The Kier molecular flexibility index (Phi) is 3.98. The van der Waals surface area contributed by atoms with Crippen LogP contribution in [0.1, 0.15) is 15.9 Å². The summed E-state index contributed by atoms with van der Waals surface area (Å²) in [5, 5.41) is 0.734. The first-order valence-corrected chi connectivity index (χ1v) is 10.5. The van der Waals surface area contributed by atoms with E-state index in [1.165, 1.54) is 12.4 Å². The molecular weight excluding hydrogens is 408 g/mol.